The molecule has 0 spiro atoms. The summed E-state index contributed by atoms with van der Waals surface area (Å²) in [6, 6.07) is -1.63. The molecule has 0 bridgehead atoms. The molecule has 1 heterocycles. The molecule has 0 aliphatic heterocycles. The van der Waals surface area contributed by atoms with E-state index in [0.717, 1.165) is 6.20 Å². The minimum absolute atomic E-state index is 0.533. The maximum atomic E-state index is 11.5. The van der Waals surface area contributed by atoms with Crippen molar-refractivity contribution >= 4 is 17.8 Å². The molecular weight excluding hydrogens is 246 g/mol. The van der Waals surface area contributed by atoms with Gasteiger partial charge in [0.1, 0.15) is 6.04 Å². The molecule has 9 nitrogen and oxygen atoms in total. The molecule has 0 aliphatic rings. The Morgan fingerprint density at radius 1 is 1.39 bits per heavy atom. The number of carbonyl (C=O) groups excluding carboxylic acids is 1. The smallest absolute Gasteiger partial charge is 0.326 e. The Morgan fingerprint density at radius 2 is 2.06 bits per heavy atom. The van der Waals surface area contributed by atoms with Gasteiger partial charge in [-0.2, -0.15) is 0 Å². The molecule has 0 aliphatic carbocycles. The number of carboxylic acid groups (broad SMARTS) is 2. The average Bonchev–Trinajstić information content (AvgIpc) is 2.27. The Labute approximate surface area is 99.5 Å². The lowest BCUT2D eigenvalue weighted by Crippen LogP contribution is -2.44. The van der Waals surface area contributed by atoms with E-state index in [-0.39, 0.29) is 0 Å². The highest BCUT2D eigenvalue weighted by Crippen LogP contribution is 1.95. The first-order chi connectivity index (χ1) is 8.41. The quantitative estimate of drug-likeness (QED) is 0.496. The van der Waals surface area contributed by atoms with E-state index in [2.05, 4.69) is 9.97 Å². The first kappa shape index (κ1) is 13.4. The van der Waals surface area contributed by atoms with Gasteiger partial charge in [-0.15, -0.1) is 0 Å². The largest absolute Gasteiger partial charge is 0.481 e. The zero-order valence-electron chi connectivity index (χ0n) is 8.91. The van der Waals surface area contributed by atoms with Crippen LogP contribution in [0.5, 0.6) is 0 Å². The van der Waals surface area contributed by atoms with E-state index >= 15 is 0 Å². The summed E-state index contributed by atoms with van der Waals surface area (Å²) in [5, 5.41) is 19.1. The molecule has 0 saturated carbocycles. The Kier molecular flexibility index (Phi) is 4.13. The molecule has 1 rings (SSSR count). The van der Waals surface area contributed by atoms with Crippen LogP contribution in [0.4, 0.5) is 0 Å². The fraction of sp³-hybridized carbons (Fsp3) is 0.222. The molecule has 1 aromatic heterocycles. The van der Waals surface area contributed by atoms with Crippen molar-refractivity contribution in [2.75, 3.05) is 0 Å². The number of H-pyrrole nitrogens is 1. The zero-order chi connectivity index (χ0) is 13.7. The number of aliphatic carboxylic acids is 2. The third-order valence-electron chi connectivity index (χ3n) is 1.90. The maximum Gasteiger partial charge on any atom is 0.326 e. The normalized spacial score (nSPS) is 11.6. The van der Waals surface area contributed by atoms with Gasteiger partial charge in [0, 0.05) is 12.4 Å². The third kappa shape index (κ3) is 3.40. The van der Waals surface area contributed by atoms with E-state index < -0.39 is 41.6 Å². The predicted molar refractivity (Wildman–Crippen MR) is 56.0 cm³/mol. The van der Waals surface area contributed by atoms with Gasteiger partial charge < -0.3 is 20.5 Å². The first-order valence-electron chi connectivity index (χ1n) is 4.71. The van der Waals surface area contributed by atoms with Crippen LogP contribution in [-0.2, 0) is 9.59 Å². The predicted octanol–water partition coefficient (Wildman–Crippen LogP) is -1.57. The minimum Gasteiger partial charge on any atom is -0.481 e. The second-order valence-corrected chi connectivity index (χ2v) is 3.23. The number of hydrogen-bond acceptors (Lipinski definition) is 5. The average molecular weight is 255 g/mol. The van der Waals surface area contributed by atoms with Gasteiger partial charge in [0.25, 0.3) is 11.5 Å². The summed E-state index contributed by atoms with van der Waals surface area (Å²) in [5.41, 5.74) is -1.33. The van der Waals surface area contributed by atoms with E-state index in [1.807, 2.05) is 5.32 Å². The van der Waals surface area contributed by atoms with Gasteiger partial charge in [-0.1, -0.05) is 0 Å². The van der Waals surface area contributed by atoms with Crippen molar-refractivity contribution in [2.45, 2.75) is 12.5 Å². The number of carbonyl (C=O) groups is 3. The fourth-order valence-electron chi connectivity index (χ4n) is 1.11. The molecule has 0 radical (unpaired) electrons. The maximum absolute atomic E-state index is 11.5. The highest BCUT2D eigenvalue weighted by molar-refractivity contribution is 5.95. The van der Waals surface area contributed by atoms with Crippen molar-refractivity contribution in [3.63, 3.8) is 0 Å². The first-order valence-corrected chi connectivity index (χ1v) is 4.71. The van der Waals surface area contributed by atoms with Crippen LogP contribution < -0.4 is 10.9 Å². The zero-order valence-corrected chi connectivity index (χ0v) is 8.91. The van der Waals surface area contributed by atoms with Gasteiger partial charge in [-0.3, -0.25) is 14.4 Å². The van der Waals surface area contributed by atoms with Gasteiger partial charge in [0.15, 0.2) is 5.69 Å². The van der Waals surface area contributed by atoms with Crippen LogP contribution in [0, 0.1) is 0 Å². The summed E-state index contributed by atoms with van der Waals surface area (Å²) in [6.07, 6.45) is 1.54. The number of hydrogen-bond donors (Lipinski definition) is 4. The minimum atomic E-state index is -1.63. The van der Waals surface area contributed by atoms with Gasteiger partial charge in [-0.05, 0) is 0 Å². The molecule has 1 amide bonds. The molecule has 0 saturated heterocycles. The van der Waals surface area contributed by atoms with Crippen molar-refractivity contribution in [3.8, 4) is 0 Å². The molecule has 9 heteroatoms. The van der Waals surface area contributed by atoms with Crippen LogP contribution >= 0.6 is 0 Å². The van der Waals surface area contributed by atoms with Crippen LogP contribution in [0.15, 0.2) is 17.2 Å². The second kappa shape index (κ2) is 5.57. The topological polar surface area (TPSA) is 149 Å². The fourth-order valence-corrected chi connectivity index (χ4v) is 1.11. The number of carboxylic acids is 2. The monoisotopic (exact) mass is 255 g/mol. The number of aromatic nitrogens is 2. The molecular formula is C9H9N3O6. The van der Waals surface area contributed by atoms with Crippen molar-refractivity contribution in [1.29, 1.82) is 0 Å². The SMILES string of the molecule is O=C(O)CC(NC(=O)c1ncc[nH]c1=O)C(=O)O. The Balaban J connectivity index is 2.85. The van der Waals surface area contributed by atoms with E-state index in [0.29, 0.717) is 0 Å². The Bertz CT molecular complexity index is 537. The molecule has 18 heavy (non-hydrogen) atoms. The van der Waals surface area contributed by atoms with Crippen LogP contribution in [0.3, 0.4) is 0 Å². The molecule has 96 valence electrons. The van der Waals surface area contributed by atoms with E-state index in [1.54, 1.807) is 0 Å². The van der Waals surface area contributed by atoms with E-state index in [1.165, 1.54) is 6.20 Å². The van der Waals surface area contributed by atoms with Gasteiger partial charge in [0.05, 0.1) is 6.42 Å². The summed E-state index contributed by atoms with van der Waals surface area (Å²) in [5.74, 6) is -3.96. The van der Waals surface area contributed by atoms with Crippen molar-refractivity contribution < 1.29 is 24.6 Å². The van der Waals surface area contributed by atoms with Crippen LogP contribution in [0.25, 0.3) is 0 Å². The van der Waals surface area contributed by atoms with E-state index in [4.69, 9.17) is 10.2 Å². The number of rotatable bonds is 5. The number of aromatic amines is 1. The van der Waals surface area contributed by atoms with Crippen LogP contribution in [-0.4, -0.2) is 44.1 Å². The molecule has 1 atom stereocenters. The molecule has 1 unspecified atom stereocenters. The Hall–Kier alpha value is -2.71. The summed E-state index contributed by atoms with van der Waals surface area (Å²) in [6.45, 7) is 0. The number of nitrogens with one attached hydrogen (secondary N) is 2. The third-order valence-corrected chi connectivity index (χ3v) is 1.90. The molecule has 4 N–H and O–H groups in total. The molecule has 0 aromatic carbocycles. The van der Waals surface area contributed by atoms with Gasteiger partial charge in [-0.25, -0.2) is 9.78 Å². The molecule has 1 aromatic rings. The number of amides is 1. The highest BCUT2D eigenvalue weighted by Gasteiger charge is 2.25. The van der Waals surface area contributed by atoms with Crippen molar-refractivity contribution in [3.05, 3.63) is 28.4 Å². The van der Waals surface area contributed by atoms with Gasteiger partial charge in [0.2, 0.25) is 0 Å². The molecule has 0 fully saturated rings. The summed E-state index contributed by atoms with van der Waals surface area (Å²) < 4.78 is 0. The lowest BCUT2D eigenvalue weighted by molar-refractivity contribution is -0.145. The van der Waals surface area contributed by atoms with Gasteiger partial charge >= 0.3 is 11.9 Å². The lowest BCUT2D eigenvalue weighted by Gasteiger charge is -2.11. The van der Waals surface area contributed by atoms with E-state index in [9.17, 15) is 19.2 Å². The summed E-state index contributed by atoms with van der Waals surface area (Å²) in [4.78, 5) is 49.5. The summed E-state index contributed by atoms with van der Waals surface area (Å²) >= 11 is 0. The lowest BCUT2D eigenvalue weighted by atomic mass is 10.2. The second-order valence-electron chi connectivity index (χ2n) is 3.23. The van der Waals surface area contributed by atoms with Crippen LogP contribution in [0.1, 0.15) is 16.9 Å². The highest BCUT2D eigenvalue weighted by atomic mass is 16.4. The number of nitrogens with zero attached hydrogens (tertiary/aromatic N) is 1. The van der Waals surface area contributed by atoms with Crippen molar-refractivity contribution in [1.82, 2.24) is 15.3 Å². The summed E-state index contributed by atoms with van der Waals surface area (Å²) in [7, 11) is 0. The van der Waals surface area contributed by atoms with Crippen molar-refractivity contribution in [2.24, 2.45) is 0 Å². The Morgan fingerprint density at radius 3 is 2.56 bits per heavy atom. The van der Waals surface area contributed by atoms with Crippen LogP contribution in [0.2, 0.25) is 0 Å². The standard InChI is InChI=1S/C9H9N3O6/c13-5(14)3-4(9(17)18)12-8(16)6-7(15)11-2-1-10-6/h1-2,4H,3H2,(H,11,15)(H,12,16)(H,13,14)(H,17,18).